The van der Waals surface area contributed by atoms with Gasteiger partial charge in [0, 0.05) is 22.9 Å². The van der Waals surface area contributed by atoms with Gasteiger partial charge in [-0.3, -0.25) is 9.59 Å². The molecule has 2 amide bonds. The molecule has 0 bridgehead atoms. The van der Waals surface area contributed by atoms with Crippen LogP contribution in [0.5, 0.6) is 0 Å². The lowest BCUT2D eigenvalue weighted by Gasteiger charge is -2.28. The molecule has 2 aromatic carbocycles. The third-order valence-electron chi connectivity index (χ3n) is 4.94. The summed E-state index contributed by atoms with van der Waals surface area (Å²) < 4.78 is 13.3. The number of hydrogen-bond acceptors (Lipinski definition) is 4. The van der Waals surface area contributed by atoms with E-state index in [1.807, 2.05) is 61.7 Å². The van der Waals surface area contributed by atoms with Gasteiger partial charge in [-0.25, -0.2) is 4.39 Å². The number of amides is 2. The summed E-state index contributed by atoms with van der Waals surface area (Å²) in [6.07, 6.45) is 0. The molecule has 0 aliphatic carbocycles. The van der Waals surface area contributed by atoms with E-state index >= 15 is 0 Å². The fraction of sp³-hybridized carbons (Fsp3) is 0.308. The van der Waals surface area contributed by atoms with Crippen LogP contribution in [0.1, 0.15) is 24.3 Å². The highest BCUT2D eigenvalue weighted by atomic mass is 32.2. The molecule has 1 aromatic heterocycles. The Kier molecular flexibility index (Phi) is 9.51. The molecule has 33 heavy (non-hydrogen) atoms. The molecule has 0 aliphatic rings. The first-order chi connectivity index (χ1) is 15.9. The highest BCUT2D eigenvalue weighted by Gasteiger charge is 2.23. The van der Waals surface area contributed by atoms with Crippen LogP contribution in [0.2, 0.25) is 0 Å². The molecular weight excluding hydrogens is 455 g/mol. The van der Waals surface area contributed by atoms with Gasteiger partial charge < -0.3 is 9.80 Å². The highest BCUT2D eigenvalue weighted by Crippen LogP contribution is 2.19. The van der Waals surface area contributed by atoms with Gasteiger partial charge in [0.25, 0.3) is 0 Å². The summed E-state index contributed by atoms with van der Waals surface area (Å²) in [5, 5.41) is 1.98. The van der Waals surface area contributed by atoms with Crippen molar-refractivity contribution in [2.24, 2.45) is 5.92 Å². The summed E-state index contributed by atoms with van der Waals surface area (Å²) >= 11 is 3.06. The minimum atomic E-state index is -0.306. The first-order valence-corrected chi connectivity index (χ1v) is 12.8. The van der Waals surface area contributed by atoms with Crippen molar-refractivity contribution in [1.82, 2.24) is 9.80 Å². The summed E-state index contributed by atoms with van der Waals surface area (Å²) in [5.41, 5.74) is 0.850. The third kappa shape index (κ3) is 8.33. The van der Waals surface area contributed by atoms with Crippen molar-refractivity contribution in [3.8, 4) is 0 Å². The predicted octanol–water partition coefficient (Wildman–Crippen LogP) is 5.69. The van der Waals surface area contributed by atoms with Crippen molar-refractivity contribution in [3.05, 3.63) is 88.4 Å². The largest absolute Gasteiger partial charge is 0.332 e. The zero-order valence-electron chi connectivity index (χ0n) is 18.9. The molecule has 0 N–H and O–H groups in total. The minimum absolute atomic E-state index is 0.0267. The van der Waals surface area contributed by atoms with E-state index in [1.165, 1.54) is 23.9 Å². The molecule has 0 aliphatic heterocycles. The van der Waals surface area contributed by atoms with Crippen LogP contribution in [0, 0.1) is 11.7 Å². The number of benzene rings is 2. The van der Waals surface area contributed by atoms with Gasteiger partial charge in [0.1, 0.15) is 5.82 Å². The van der Waals surface area contributed by atoms with Crippen molar-refractivity contribution >= 4 is 34.9 Å². The lowest BCUT2D eigenvalue weighted by Crippen LogP contribution is -2.44. The molecule has 3 aromatic rings. The monoisotopic (exact) mass is 484 g/mol. The smallest absolute Gasteiger partial charge is 0.242 e. The Morgan fingerprint density at radius 2 is 1.64 bits per heavy atom. The van der Waals surface area contributed by atoms with Gasteiger partial charge in [-0.15, -0.1) is 23.1 Å². The molecule has 0 spiro atoms. The van der Waals surface area contributed by atoms with E-state index in [9.17, 15) is 14.0 Å². The van der Waals surface area contributed by atoms with E-state index in [-0.39, 0.29) is 35.8 Å². The van der Waals surface area contributed by atoms with Crippen molar-refractivity contribution in [1.29, 1.82) is 0 Å². The van der Waals surface area contributed by atoms with E-state index in [4.69, 9.17) is 0 Å². The fourth-order valence-electron chi connectivity index (χ4n) is 3.34. The summed E-state index contributed by atoms with van der Waals surface area (Å²) in [6, 6.07) is 19.9. The lowest BCUT2D eigenvalue weighted by molar-refractivity contribution is -0.140. The summed E-state index contributed by atoms with van der Waals surface area (Å²) in [4.78, 5) is 31.9. The van der Waals surface area contributed by atoms with Gasteiger partial charge in [-0.1, -0.05) is 50.2 Å². The van der Waals surface area contributed by atoms with Crippen LogP contribution in [0.15, 0.2) is 77.0 Å². The van der Waals surface area contributed by atoms with Crippen LogP contribution in [-0.4, -0.2) is 40.5 Å². The van der Waals surface area contributed by atoms with E-state index in [0.29, 0.717) is 19.6 Å². The van der Waals surface area contributed by atoms with Gasteiger partial charge in [0.15, 0.2) is 0 Å². The minimum Gasteiger partial charge on any atom is -0.332 e. The molecule has 0 radical (unpaired) electrons. The molecule has 0 atom stereocenters. The van der Waals surface area contributed by atoms with E-state index in [2.05, 4.69) is 0 Å². The lowest BCUT2D eigenvalue weighted by atomic mass is 10.2. The molecule has 3 rings (SSSR count). The average Bonchev–Trinajstić information content (AvgIpc) is 3.31. The standard InChI is InChI=1S/C26H29FN2O2S2/c1-20(2)15-28(26(31)19-33-23-7-4-3-5-8-23)18-25(30)29(17-24-9-6-14-32-24)16-21-10-12-22(27)13-11-21/h3-14,20H,15-19H2,1-2H3. The second-order valence-corrected chi connectivity index (χ2v) is 10.3. The number of thioether (sulfide) groups is 1. The third-order valence-corrected chi connectivity index (χ3v) is 6.79. The number of thiophene rings is 1. The maximum Gasteiger partial charge on any atom is 0.242 e. The van der Waals surface area contributed by atoms with E-state index < -0.39 is 0 Å². The summed E-state index contributed by atoms with van der Waals surface area (Å²) in [7, 11) is 0. The number of halogens is 1. The highest BCUT2D eigenvalue weighted by molar-refractivity contribution is 8.00. The molecule has 0 saturated carbocycles. The Morgan fingerprint density at radius 1 is 0.909 bits per heavy atom. The Morgan fingerprint density at radius 3 is 2.27 bits per heavy atom. The molecule has 7 heteroatoms. The Labute approximate surface area is 203 Å². The molecule has 0 saturated heterocycles. The van der Waals surface area contributed by atoms with Gasteiger partial charge in [-0.2, -0.15) is 0 Å². The average molecular weight is 485 g/mol. The number of hydrogen-bond donors (Lipinski definition) is 0. The van der Waals surface area contributed by atoms with Crippen molar-refractivity contribution < 1.29 is 14.0 Å². The van der Waals surface area contributed by atoms with Crippen molar-refractivity contribution in [3.63, 3.8) is 0 Å². The normalized spacial score (nSPS) is 10.9. The predicted molar refractivity (Wildman–Crippen MR) is 134 cm³/mol. The maximum absolute atomic E-state index is 13.4. The Bertz CT molecular complexity index is 1010. The van der Waals surface area contributed by atoms with Crippen molar-refractivity contribution in [2.75, 3.05) is 18.8 Å². The molecule has 0 unspecified atom stereocenters. The first kappa shape index (κ1) is 25.0. The van der Waals surface area contributed by atoms with Gasteiger partial charge in [-0.05, 0) is 47.2 Å². The second-order valence-electron chi connectivity index (χ2n) is 8.23. The SMILES string of the molecule is CC(C)CN(CC(=O)N(Cc1ccc(F)cc1)Cc1cccs1)C(=O)CSc1ccccc1. The molecule has 174 valence electrons. The number of carbonyl (C=O) groups is 2. The maximum atomic E-state index is 13.4. The topological polar surface area (TPSA) is 40.6 Å². The number of carbonyl (C=O) groups excluding carboxylic acids is 2. The van der Waals surface area contributed by atoms with Crippen LogP contribution in [0.4, 0.5) is 4.39 Å². The number of rotatable bonds is 11. The first-order valence-electron chi connectivity index (χ1n) is 10.9. The van der Waals surface area contributed by atoms with Crippen LogP contribution < -0.4 is 0 Å². The molecular formula is C26H29FN2O2S2. The fourth-order valence-corrected chi connectivity index (χ4v) is 4.89. The van der Waals surface area contributed by atoms with Gasteiger partial charge in [0.05, 0.1) is 18.8 Å². The van der Waals surface area contributed by atoms with Crippen LogP contribution in [0.25, 0.3) is 0 Å². The van der Waals surface area contributed by atoms with Crippen molar-refractivity contribution in [2.45, 2.75) is 31.8 Å². The van der Waals surface area contributed by atoms with E-state index in [1.54, 1.807) is 33.3 Å². The summed E-state index contributed by atoms with van der Waals surface area (Å²) in [6.45, 7) is 5.44. The summed E-state index contributed by atoms with van der Waals surface area (Å²) in [5.74, 6) is 0.0495. The zero-order chi connectivity index (χ0) is 23.6. The molecule has 1 heterocycles. The van der Waals surface area contributed by atoms with Crippen LogP contribution >= 0.6 is 23.1 Å². The molecule has 0 fully saturated rings. The van der Waals surface area contributed by atoms with E-state index in [0.717, 1.165) is 15.3 Å². The van der Waals surface area contributed by atoms with Crippen LogP contribution in [-0.2, 0) is 22.7 Å². The Balaban J connectivity index is 1.70. The molecule has 4 nitrogen and oxygen atoms in total. The number of nitrogens with zero attached hydrogens (tertiary/aromatic N) is 2. The van der Waals surface area contributed by atoms with Crippen LogP contribution in [0.3, 0.4) is 0 Å². The Hall–Kier alpha value is -2.64. The van der Waals surface area contributed by atoms with Gasteiger partial charge in [0.2, 0.25) is 11.8 Å². The second kappa shape index (κ2) is 12.6. The quantitative estimate of drug-likeness (QED) is 0.328. The van der Waals surface area contributed by atoms with Gasteiger partial charge >= 0.3 is 0 Å². The zero-order valence-corrected chi connectivity index (χ0v) is 20.6.